The molecule has 0 bridgehead atoms. The Kier molecular flexibility index (Phi) is 4.95. The van der Waals surface area contributed by atoms with E-state index in [-0.39, 0.29) is 19.3 Å². The van der Waals surface area contributed by atoms with E-state index in [0.717, 1.165) is 0 Å². The van der Waals surface area contributed by atoms with Crippen molar-refractivity contribution in [3.05, 3.63) is 0 Å². The summed E-state index contributed by atoms with van der Waals surface area (Å²) in [5.74, 6) is 0. The van der Waals surface area contributed by atoms with Crippen LogP contribution >= 0.6 is 0 Å². The van der Waals surface area contributed by atoms with E-state index >= 15 is 0 Å². The van der Waals surface area contributed by atoms with Gasteiger partial charge in [0.15, 0.2) is 0 Å². The van der Waals surface area contributed by atoms with Gasteiger partial charge >= 0.3 is 0 Å². The minimum Gasteiger partial charge on any atom is -0.396 e. The highest BCUT2D eigenvalue weighted by Gasteiger charge is 2.01. The van der Waals surface area contributed by atoms with Gasteiger partial charge in [-0.05, 0) is 6.42 Å². The molecule has 0 saturated carbocycles. The van der Waals surface area contributed by atoms with Gasteiger partial charge in [-0.2, -0.15) is 0 Å². The normalized spacial score (nSPS) is 13.9. The van der Waals surface area contributed by atoms with E-state index < -0.39 is 0 Å². The van der Waals surface area contributed by atoms with E-state index in [1.54, 1.807) is 0 Å². The molecule has 2 N–H and O–H groups in total. The average molecular weight is 120 g/mol. The quantitative estimate of drug-likeness (QED) is 0.519. The van der Waals surface area contributed by atoms with Crippen LogP contribution in [0.15, 0.2) is 0 Å². The molecular weight excluding hydrogens is 108 g/mol. The summed E-state index contributed by atoms with van der Waals surface area (Å²) in [7, 11) is 1.51. The number of aliphatic hydroxyl groups excluding tert-OH is 2. The molecule has 0 spiro atoms. The zero-order chi connectivity index (χ0) is 6.41. The van der Waals surface area contributed by atoms with E-state index in [1.807, 2.05) is 0 Å². The van der Waals surface area contributed by atoms with Crippen LogP contribution in [0.1, 0.15) is 6.42 Å². The van der Waals surface area contributed by atoms with Crippen LogP contribution in [-0.4, -0.2) is 36.6 Å². The molecule has 0 radical (unpaired) electrons. The van der Waals surface area contributed by atoms with Gasteiger partial charge in [0.05, 0.1) is 12.7 Å². The Bertz CT molecular complexity index is 42.9. The van der Waals surface area contributed by atoms with Crippen molar-refractivity contribution in [1.82, 2.24) is 0 Å². The predicted octanol–water partition coefficient (Wildman–Crippen LogP) is -0.624. The number of hydrogen-bond donors (Lipinski definition) is 2. The molecule has 0 saturated heterocycles. The SMILES string of the molecule is COC(CO)CCO. The molecule has 0 heterocycles. The molecule has 0 aliphatic heterocycles. The zero-order valence-electron chi connectivity index (χ0n) is 5.00. The lowest BCUT2D eigenvalue weighted by atomic mass is 10.3. The van der Waals surface area contributed by atoms with Crippen molar-refractivity contribution in [3.63, 3.8) is 0 Å². The predicted molar refractivity (Wildman–Crippen MR) is 29.6 cm³/mol. The second kappa shape index (κ2) is 5.03. The molecular formula is C5H12O3. The van der Waals surface area contributed by atoms with Crippen molar-refractivity contribution >= 4 is 0 Å². The largest absolute Gasteiger partial charge is 0.396 e. The molecule has 0 fully saturated rings. The molecule has 1 unspecified atom stereocenters. The van der Waals surface area contributed by atoms with Crippen LogP contribution in [-0.2, 0) is 4.74 Å². The minimum absolute atomic E-state index is 0.0168. The average Bonchev–Trinajstić information content (AvgIpc) is 1.83. The lowest BCUT2D eigenvalue weighted by Gasteiger charge is -2.08. The molecule has 0 aliphatic rings. The summed E-state index contributed by atoms with van der Waals surface area (Å²) < 4.78 is 4.73. The first-order valence-corrected chi connectivity index (χ1v) is 2.59. The van der Waals surface area contributed by atoms with Gasteiger partial charge in [0.2, 0.25) is 0 Å². The summed E-state index contributed by atoms with van der Waals surface area (Å²) >= 11 is 0. The van der Waals surface area contributed by atoms with Gasteiger partial charge in [-0.15, -0.1) is 0 Å². The zero-order valence-corrected chi connectivity index (χ0v) is 5.00. The number of hydrogen-bond acceptors (Lipinski definition) is 3. The number of rotatable bonds is 4. The minimum atomic E-state index is -0.194. The van der Waals surface area contributed by atoms with Gasteiger partial charge in [-0.25, -0.2) is 0 Å². The number of ether oxygens (including phenoxy) is 1. The molecule has 0 aromatic rings. The Balaban J connectivity index is 3.07. The first-order chi connectivity index (χ1) is 3.85. The summed E-state index contributed by atoms with van der Waals surface area (Å²) in [6, 6.07) is 0. The standard InChI is InChI=1S/C5H12O3/c1-8-5(4-7)2-3-6/h5-7H,2-4H2,1H3. The Morgan fingerprint density at radius 1 is 1.50 bits per heavy atom. The number of methoxy groups -OCH3 is 1. The lowest BCUT2D eigenvalue weighted by molar-refractivity contribution is 0.0316. The van der Waals surface area contributed by atoms with Crippen LogP contribution in [0.4, 0.5) is 0 Å². The second-order valence-corrected chi connectivity index (χ2v) is 1.55. The summed E-state index contributed by atoms with van der Waals surface area (Å²) in [6.45, 7) is 0.0517. The van der Waals surface area contributed by atoms with Crippen LogP contribution in [0.25, 0.3) is 0 Å². The topological polar surface area (TPSA) is 49.7 Å². The van der Waals surface area contributed by atoms with E-state index in [4.69, 9.17) is 14.9 Å². The van der Waals surface area contributed by atoms with Gasteiger partial charge in [0.25, 0.3) is 0 Å². The maximum absolute atomic E-state index is 8.42. The molecule has 1 atom stereocenters. The Hall–Kier alpha value is -0.120. The Morgan fingerprint density at radius 3 is 2.25 bits per heavy atom. The van der Waals surface area contributed by atoms with E-state index in [9.17, 15) is 0 Å². The monoisotopic (exact) mass is 120 g/mol. The smallest absolute Gasteiger partial charge is 0.0823 e. The third kappa shape index (κ3) is 2.96. The molecule has 0 aliphatic carbocycles. The highest BCUT2D eigenvalue weighted by Crippen LogP contribution is 1.92. The van der Waals surface area contributed by atoms with Crippen molar-refractivity contribution in [2.45, 2.75) is 12.5 Å². The third-order valence-electron chi connectivity index (χ3n) is 0.988. The number of aliphatic hydroxyl groups is 2. The summed E-state index contributed by atoms with van der Waals surface area (Å²) in [5, 5.41) is 16.7. The molecule has 8 heavy (non-hydrogen) atoms. The summed E-state index contributed by atoms with van der Waals surface area (Å²) in [4.78, 5) is 0. The maximum Gasteiger partial charge on any atom is 0.0823 e. The van der Waals surface area contributed by atoms with Crippen LogP contribution in [0.2, 0.25) is 0 Å². The van der Waals surface area contributed by atoms with Gasteiger partial charge in [0, 0.05) is 13.7 Å². The molecule has 3 nitrogen and oxygen atoms in total. The fourth-order valence-corrected chi connectivity index (χ4v) is 0.428. The van der Waals surface area contributed by atoms with Crippen molar-refractivity contribution in [3.8, 4) is 0 Å². The second-order valence-electron chi connectivity index (χ2n) is 1.55. The molecule has 50 valence electrons. The molecule has 0 amide bonds. The van der Waals surface area contributed by atoms with Crippen molar-refractivity contribution in [1.29, 1.82) is 0 Å². The van der Waals surface area contributed by atoms with Crippen LogP contribution in [0.3, 0.4) is 0 Å². The molecule has 0 aromatic carbocycles. The summed E-state index contributed by atoms with van der Waals surface area (Å²) in [5.41, 5.74) is 0. The third-order valence-corrected chi connectivity index (χ3v) is 0.988. The van der Waals surface area contributed by atoms with Gasteiger partial charge in [-0.3, -0.25) is 0 Å². The first kappa shape index (κ1) is 7.88. The van der Waals surface area contributed by atoms with Gasteiger partial charge in [0.1, 0.15) is 0 Å². The Labute approximate surface area is 48.9 Å². The molecule has 0 rings (SSSR count). The molecule has 0 aromatic heterocycles. The fraction of sp³-hybridized carbons (Fsp3) is 1.00. The lowest BCUT2D eigenvalue weighted by Crippen LogP contribution is -2.16. The highest BCUT2D eigenvalue weighted by atomic mass is 16.5. The van der Waals surface area contributed by atoms with Crippen LogP contribution < -0.4 is 0 Å². The van der Waals surface area contributed by atoms with Crippen LogP contribution in [0, 0.1) is 0 Å². The van der Waals surface area contributed by atoms with Crippen molar-refractivity contribution in [2.75, 3.05) is 20.3 Å². The van der Waals surface area contributed by atoms with Crippen LogP contribution in [0.5, 0.6) is 0 Å². The first-order valence-electron chi connectivity index (χ1n) is 2.59. The summed E-state index contributed by atoms with van der Waals surface area (Å²) in [6.07, 6.45) is 0.312. The highest BCUT2D eigenvalue weighted by molar-refractivity contribution is 4.51. The van der Waals surface area contributed by atoms with E-state index in [0.29, 0.717) is 6.42 Å². The van der Waals surface area contributed by atoms with Gasteiger partial charge < -0.3 is 14.9 Å². The van der Waals surface area contributed by atoms with Crippen molar-refractivity contribution in [2.24, 2.45) is 0 Å². The molecule has 3 heteroatoms. The maximum atomic E-state index is 8.42. The van der Waals surface area contributed by atoms with Crippen molar-refractivity contribution < 1.29 is 14.9 Å². The van der Waals surface area contributed by atoms with E-state index in [1.165, 1.54) is 7.11 Å². The Morgan fingerprint density at radius 2 is 2.12 bits per heavy atom. The fourth-order valence-electron chi connectivity index (χ4n) is 0.428. The van der Waals surface area contributed by atoms with E-state index in [2.05, 4.69) is 0 Å². The van der Waals surface area contributed by atoms with Gasteiger partial charge in [-0.1, -0.05) is 0 Å².